The van der Waals surface area contributed by atoms with Gasteiger partial charge >= 0.3 is 5.97 Å². The molecule has 0 spiro atoms. The van der Waals surface area contributed by atoms with Crippen LogP contribution in [0.15, 0.2) is 0 Å². The van der Waals surface area contributed by atoms with Gasteiger partial charge in [-0.05, 0) is 20.3 Å². The Kier molecular flexibility index (Phi) is 6.03. The van der Waals surface area contributed by atoms with E-state index in [1.54, 1.807) is 13.8 Å². The van der Waals surface area contributed by atoms with Gasteiger partial charge in [0.25, 0.3) is 0 Å². The van der Waals surface area contributed by atoms with Gasteiger partial charge in [-0.25, -0.2) is 4.79 Å². The number of hydrogen-bond donors (Lipinski definition) is 2. The van der Waals surface area contributed by atoms with Gasteiger partial charge in [0, 0.05) is 7.11 Å². The molecule has 0 heterocycles. The van der Waals surface area contributed by atoms with E-state index in [-0.39, 0.29) is 12.3 Å². The first-order valence-electron chi connectivity index (χ1n) is 5.39. The summed E-state index contributed by atoms with van der Waals surface area (Å²) in [5, 5.41) is 11.4. The maximum absolute atomic E-state index is 11.6. The summed E-state index contributed by atoms with van der Waals surface area (Å²) in [5.74, 6) is -1.29. The second kappa shape index (κ2) is 6.48. The van der Waals surface area contributed by atoms with Gasteiger partial charge in [-0.3, -0.25) is 4.79 Å². The topological polar surface area (TPSA) is 75.6 Å². The molecule has 0 radical (unpaired) electrons. The first kappa shape index (κ1) is 14.9. The molecule has 1 amide bonds. The van der Waals surface area contributed by atoms with Crippen LogP contribution in [0.4, 0.5) is 0 Å². The highest BCUT2D eigenvalue weighted by atomic mass is 16.5. The van der Waals surface area contributed by atoms with Crippen LogP contribution >= 0.6 is 0 Å². The molecule has 16 heavy (non-hydrogen) atoms. The number of aliphatic carboxylic acids is 1. The Morgan fingerprint density at radius 3 is 2.38 bits per heavy atom. The minimum Gasteiger partial charge on any atom is -0.480 e. The molecule has 0 saturated carbocycles. The SMILES string of the molecule is CCC[C@H](NC(=O)CC(C)(C)OC)C(=O)O. The van der Waals surface area contributed by atoms with Crippen molar-refractivity contribution in [2.75, 3.05) is 7.11 Å². The third-order valence-electron chi connectivity index (χ3n) is 2.35. The molecule has 0 rings (SSSR count). The van der Waals surface area contributed by atoms with Crippen LogP contribution in [0.3, 0.4) is 0 Å². The number of rotatable bonds is 7. The summed E-state index contributed by atoms with van der Waals surface area (Å²) in [5.41, 5.74) is -0.570. The molecule has 0 unspecified atom stereocenters. The zero-order valence-corrected chi connectivity index (χ0v) is 10.4. The van der Waals surface area contributed by atoms with E-state index in [4.69, 9.17) is 9.84 Å². The van der Waals surface area contributed by atoms with Crippen LogP contribution in [0, 0.1) is 0 Å². The smallest absolute Gasteiger partial charge is 0.326 e. The Morgan fingerprint density at radius 2 is 2.00 bits per heavy atom. The van der Waals surface area contributed by atoms with E-state index in [0.717, 1.165) is 0 Å². The molecule has 2 N–H and O–H groups in total. The number of amides is 1. The van der Waals surface area contributed by atoms with Crippen LogP contribution in [0.1, 0.15) is 40.0 Å². The van der Waals surface area contributed by atoms with Gasteiger partial charge in [-0.15, -0.1) is 0 Å². The average Bonchev–Trinajstić information content (AvgIpc) is 2.16. The third-order valence-corrected chi connectivity index (χ3v) is 2.35. The summed E-state index contributed by atoms with van der Waals surface area (Å²) in [7, 11) is 1.52. The van der Waals surface area contributed by atoms with E-state index in [2.05, 4.69) is 5.32 Å². The van der Waals surface area contributed by atoms with Gasteiger partial charge in [-0.2, -0.15) is 0 Å². The summed E-state index contributed by atoms with van der Waals surface area (Å²) >= 11 is 0. The Labute approximate surface area is 96.2 Å². The number of carboxylic acid groups (broad SMARTS) is 1. The molecule has 94 valence electrons. The van der Waals surface area contributed by atoms with Crippen molar-refractivity contribution in [2.24, 2.45) is 0 Å². The predicted molar refractivity (Wildman–Crippen MR) is 60.2 cm³/mol. The molecule has 1 atom stereocenters. The normalized spacial score (nSPS) is 13.2. The van der Waals surface area contributed by atoms with Crippen molar-refractivity contribution in [3.63, 3.8) is 0 Å². The van der Waals surface area contributed by atoms with Crippen molar-refractivity contribution >= 4 is 11.9 Å². The summed E-state index contributed by atoms with van der Waals surface area (Å²) in [6.45, 7) is 5.44. The van der Waals surface area contributed by atoms with Crippen LogP contribution in [-0.4, -0.2) is 35.7 Å². The van der Waals surface area contributed by atoms with E-state index < -0.39 is 17.6 Å². The fraction of sp³-hybridized carbons (Fsp3) is 0.818. The van der Waals surface area contributed by atoms with Crippen LogP contribution in [-0.2, 0) is 14.3 Å². The maximum atomic E-state index is 11.6. The van der Waals surface area contributed by atoms with Crippen molar-refractivity contribution in [1.29, 1.82) is 0 Å². The molecule has 0 aromatic rings. The molecule has 0 fully saturated rings. The highest BCUT2D eigenvalue weighted by molar-refractivity contribution is 5.83. The molecule has 0 aliphatic heterocycles. The lowest BCUT2D eigenvalue weighted by atomic mass is 10.0. The molecular weight excluding hydrogens is 210 g/mol. The predicted octanol–water partition coefficient (Wildman–Crippen LogP) is 1.17. The quantitative estimate of drug-likeness (QED) is 0.689. The van der Waals surface area contributed by atoms with E-state index in [0.29, 0.717) is 12.8 Å². The van der Waals surface area contributed by atoms with E-state index in [9.17, 15) is 9.59 Å². The van der Waals surface area contributed by atoms with Gasteiger partial charge < -0.3 is 15.2 Å². The summed E-state index contributed by atoms with van der Waals surface area (Å²) in [6, 6.07) is -0.801. The van der Waals surface area contributed by atoms with Crippen molar-refractivity contribution < 1.29 is 19.4 Å². The van der Waals surface area contributed by atoms with Crippen LogP contribution in [0.2, 0.25) is 0 Å². The van der Waals surface area contributed by atoms with Crippen molar-refractivity contribution in [1.82, 2.24) is 5.32 Å². The number of hydrogen-bond acceptors (Lipinski definition) is 3. The molecule has 0 bridgehead atoms. The molecular formula is C11H21NO4. The molecule has 5 heteroatoms. The Balaban J connectivity index is 4.25. The van der Waals surface area contributed by atoms with Gasteiger partial charge in [0.05, 0.1) is 12.0 Å². The van der Waals surface area contributed by atoms with Crippen LogP contribution in [0.25, 0.3) is 0 Å². The minimum absolute atomic E-state index is 0.150. The highest BCUT2D eigenvalue weighted by Crippen LogP contribution is 2.12. The summed E-state index contributed by atoms with van der Waals surface area (Å²) in [4.78, 5) is 22.4. The number of carboxylic acids is 1. The fourth-order valence-electron chi connectivity index (χ4n) is 1.25. The molecule has 0 aliphatic carbocycles. The van der Waals surface area contributed by atoms with Crippen molar-refractivity contribution in [3.05, 3.63) is 0 Å². The second-order valence-electron chi connectivity index (χ2n) is 4.39. The second-order valence-corrected chi connectivity index (χ2v) is 4.39. The van der Waals surface area contributed by atoms with Gasteiger partial charge in [-0.1, -0.05) is 13.3 Å². The first-order chi connectivity index (χ1) is 7.32. The summed E-state index contributed by atoms with van der Waals surface area (Å²) in [6.07, 6.45) is 1.30. The number of carbonyl (C=O) groups is 2. The van der Waals surface area contributed by atoms with Gasteiger partial charge in [0.15, 0.2) is 0 Å². The molecule has 5 nitrogen and oxygen atoms in total. The van der Waals surface area contributed by atoms with E-state index in [1.165, 1.54) is 7.11 Å². The third kappa shape index (κ3) is 5.70. The average molecular weight is 231 g/mol. The van der Waals surface area contributed by atoms with Crippen molar-refractivity contribution in [3.8, 4) is 0 Å². The fourth-order valence-corrected chi connectivity index (χ4v) is 1.25. The van der Waals surface area contributed by atoms with Gasteiger partial charge in [0.2, 0.25) is 5.91 Å². The van der Waals surface area contributed by atoms with E-state index in [1.807, 2.05) is 6.92 Å². The largest absolute Gasteiger partial charge is 0.480 e. The highest BCUT2D eigenvalue weighted by Gasteiger charge is 2.24. The van der Waals surface area contributed by atoms with Crippen molar-refractivity contribution in [2.45, 2.75) is 51.7 Å². The standard InChI is InChI=1S/C11H21NO4/c1-5-6-8(10(14)15)12-9(13)7-11(2,3)16-4/h8H,5-7H2,1-4H3,(H,12,13)(H,14,15)/t8-/m0/s1. The lowest BCUT2D eigenvalue weighted by Gasteiger charge is -2.23. The zero-order chi connectivity index (χ0) is 12.8. The zero-order valence-electron chi connectivity index (χ0n) is 10.4. The van der Waals surface area contributed by atoms with E-state index >= 15 is 0 Å². The monoisotopic (exact) mass is 231 g/mol. The first-order valence-corrected chi connectivity index (χ1v) is 5.39. The molecule has 0 aromatic heterocycles. The van der Waals surface area contributed by atoms with Gasteiger partial charge in [0.1, 0.15) is 6.04 Å². The van der Waals surface area contributed by atoms with Crippen LogP contribution in [0.5, 0.6) is 0 Å². The lowest BCUT2D eigenvalue weighted by Crippen LogP contribution is -2.43. The lowest BCUT2D eigenvalue weighted by molar-refractivity contribution is -0.142. The number of nitrogens with one attached hydrogen (secondary N) is 1. The minimum atomic E-state index is -0.995. The Bertz CT molecular complexity index is 250. The molecule has 0 saturated heterocycles. The number of ether oxygens (including phenoxy) is 1. The number of methoxy groups -OCH3 is 1. The molecule has 0 aliphatic rings. The summed E-state index contributed by atoms with van der Waals surface area (Å²) < 4.78 is 5.10. The maximum Gasteiger partial charge on any atom is 0.326 e. The number of carbonyl (C=O) groups excluding carboxylic acids is 1. The molecule has 0 aromatic carbocycles. The van der Waals surface area contributed by atoms with Crippen LogP contribution < -0.4 is 5.32 Å². The Hall–Kier alpha value is -1.10. The Morgan fingerprint density at radius 1 is 1.44 bits per heavy atom.